The molecule has 9 heteroatoms. The lowest BCUT2D eigenvalue weighted by molar-refractivity contribution is 0.166. The summed E-state index contributed by atoms with van der Waals surface area (Å²) in [6.07, 6.45) is 14.4. The van der Waals surface area contributed by atoms with Gasteiger partial charge in [0.2, 0.25) is 0 Å². The predicted molar refractivity (Wildman–Crippen MR) is 132 cm³/mol. The Morgan fingerprint density at radius 1 is 1.45 bits per heavy atom. The lowest BCUT2D eigenvalue weighted by Crippen LogP contribution is -2.37. The topological polar surface area (TPSA) is 114 Å². The quantitative estimate of drug-likeness (QED) is 0.249. The molecular formula is C22H35N7OS. The molecule has 1 aliphatic heterocycles. The van der Waals surface area contributed by atoms with Gasteiger partial charge in [-0.25, -0.2) is 4.98 Å². The third kappa shape index (κ3) is 7.46. The van der Waals surface area contributed by atoms with Gasteiger partial charge in [-0.1, -0.05) is 30.3 Å². The number of amidine groups is 1. The van der Waals surface area contributed by atoms with Crippen LogP contribution >= 0.6 is 11.3 Å². The van der Waals surface area contributed by atoms with Gasteiger partial charge in [-0.05, 0) is 43.7 Å². The minimum Gasteiger partial charge on any atom is -0.384 e. The van der Waals surface area contributed by atoms with Crippen molar-refractivity contribution in [1.82, 2.24) is 9.88 Å². The normalized spacial score (nSPS) is 22.1. The van der Waals surface area contributed by atoms with Gasteiger partial charge >= 0.3 is 0 Å². The van der Waals surface area contributed by atoms with Crippen molar-refractivity contribution in [3.05, 3.63) is 35.7 Å². The lowest BCUT2D eigenvalue weighted by Gasteiger charge is -2.25. The average molecular weight is 446 g/mol. The first-order valence-electron chi connectivity index (χ1n) is 10.9. The van der Waals surface area contributed by atoms with Crippen molar-refractivity contribution in [2.24, 2.45) is 16.5 Å². The van der Waals surface area contributed by atoms with Crippen LogP contribution in [0.2, 0.25) is 0 Å². The molecule has 0 radical (unpaired) electrons. The number of hydrogen-bond donors (Lipinski definition) is 4. The Morgan fingerprint density at radius 3 is 3.06 bits per heavy atom. The van der Waals surface area contributed by atoms with E-state index in [0.29, 0.717) is 12.4 Å². The highest BCUT2D eigenvalue weighted by Gasteiger charge is 2.21. The van der Waals surface area contributed by atoms with Crippen LogP contribution in [0.5, 0.6) is 0 Å². The zero-order valence-electron chi connectivity index (χ0n) is 18.5. The van der Waals surface area contributed by atoms with E-state index in [-0.39, 0.29) is 12.1 Å². The molecule has 0 bridgehead atoms. The summed E-state index contributed by atoms with van der Waals surface area (Å²) in [6, 6.07) is 0.214. The van der Waals surface area contributed by atoms with Crippen LogP contribution in [0.1, 0.15) is 31.4 Å². The second-order valence-corrected chi connectivity index (χ2v) is 9.01. The Balaban J connectivity index is 1.68. The lowest BCUT2D eigenvalue weighted by atomic mass is 9.91. The summed E-state index contributed by atoms with van der Waals surface area (Å²) >= 11 is 1.60. The van der Waals surface area contributed by atoms with E-state index in [2.05, 4.69) is 33.6 Å². The zero-order valence-corrected chi connectivity index (χ0v) is 19.3. The van der Waals surface area contributed by atoms with Gasteiger partial charge in [0, 0.05) is 39.0 Å². The van der Waals surface area contributed by atoms with Crippen molar-refractivity contribution >= 4 is 33.4 Å². The van der Waals surface area contributed by atoms with Crippen LogP contribution in [-0.4, -0.2) is 68.2 Å². The number of aliphatic imine (C=N–C) groups is 1. The van der Waals surface area contributed by atoms with Gasteiger partial charge in [0.1, 0.15) is 10.8 Å². The van der Waals surface area contributed by atoms with Gasteiger partial charge in [-0.15, -0.1) is 0 Å². The van der Waals surface area contributed by atoms with Crippen LogP contribution in [0.4, 0.5) is 10.1 Å². The number of thiazole rings is 1. The van der Waals surface area contributed by atoms with Gasteiger partial charge in [0.05, 0.1) is 18.3 Å². The maximum absolute atomic E-state index is 6.29. The van der Waals surface area contributed by atoms with Crippen molar-refractivity contribution in [3.63, 3.8) is 0 Å². The van der Waals surface area contributed by atoms with Crippen molar-refractivity contribution in [2.75, 3.05) is 51.0 Å². The molecule has 0 saturated heterocycles. The van der Waals surface area contributed by atoms with E-state index in [1.54, 1.807) is 18.4 Å². The van der Waals surface area contributed by atoms with E-state index in [1.165, 1.54) is 6.42 Å². The third-order valence-corrected chi connectivity index (χ3v) is 6.33. The van der Waals surface area contributed by atoms with Crippen molar-refractivity contribution in [1.29, 1.82) is 0 Å². The summed E-state index contributed by atoms with van der Waals surface area (Å²) in [5, 5.41) is 8.55. The Kier molecular flexibility index (Phi) is 9.08. The van der Waals surface area contributed by atoms with Gasteiger partial charge < -0.3 is 26.8 Å². The largest absolute Gasteiger partial charge is 0.384 e. The molecule has 0 aromatic carbocycles. The fourth-order valence-electron chi connectivity index (χ4n) is 3.68. The number of nitrogens with two attached hydrogens (primary N) is 2. The molecule has 1 aromatic rings. The minimum atomic E-state index is 0.101. The molecule has 8 nitrogen and oxygen atoms in total. The highest BCUT2D eigenvalue weighted by atomic mass is 32.1. The summed E-state index contributed by atoms with van der Waals surface area (Å²) in [7, 11) is 3.77. The van der Waals surface area contributed by atoms with E-state index in [1.807, 2.05) is 24.4 Å². The number of fused-ring (bicyclic) bond motifs is 1. The Morgan fingerprint density at radius 2 is 2.29 bits per heavy atom. The first-order valence-corrected chi connectivity index (χ1v) is 11.7. The Bertz CT molecular complexity index is 830. The summed E-state index contributed by atoms with van der Waals surface area (Å²) in [4.78, 5) is 11.5. The van der Waals surface area contributed by atoms with E-state index >= 15 is 0 Å². The molecule has 31 heavy (non-hydrogen) atoms. The Hall–Kier alpha value is -2.20. The van der Waals surface area contributed by atoms with Gasteiger partial charge in [0.25, 0.3) is 0 Å². The van der Waals surface area contributed by atoms with Gasteiger partial charge in [0.15, 0.2) is 5.13 Å². The van der Waals surface area contributed by atoms with Crippen molar-refractivity contribution in [2.45, 2.75) is 37.8 Å². The van der Waals surface area contributed by atoms with Crippen LogP contribution in [0.15, 0.2) is 35.0 Å². The van der Waals surface area contributed by atoms with Crippen LogP contribution in [0, 0.1) is 0 Å². The maximum Gasteiger partial charge on any atom is 0.189 e. The highest BCUT2D eigenvalue weighted by molar-refractivity contribution is 7.19. The molecule has 2 atom stereocenters. The van der Waals surface area contributed by atoms with Gasteiger partial charge in [-0.2, -0.15) is 0 Å². The van der Waals surface area contributed by atoms with Crippen molar-refractivity contribution < 1.29 is 4.74 Å². The molecule has 0 spiro atoms. The Labute approximate surface area is 189 Å². The van der Waals surface area contributed by atoms with E-state index in [0.717, 1.165) is 60.3 Å². The van der Waals surface area contributed by atoms with E-state index in [9.17, 15) is 0 Å². The molecule has 2 aliphatic rings. The van der Waals surface area contributed by atoms with Crippen LogP contribution < -0.4 is 22.1 Å². The number of aromatic nitrogens is 1. The van der Waals surface area contributed by atoms with Crippen molar-refractivity contribution in [3.8, 4) is 0 Å². The molecule has 1 fully saturated rings. The SMILES string of the molecule is COCCN(C)CC(/C=C/Nc1nc2c(s1)NCC=C2)=C/C(N)=NC1CCCCC1N. The number of nitrogens with one attached hydrogen (secondary N) is 2. The number of likely N-dealkylation sites (N-methyl/N-ethyl adjacent to an activating group) is 1. The second kappa shape index (κ2) is 12.0. The first-order chi connectivity index (χ1) is 15.0. The zero-order chi connectivity index (χ0) is 22.1. The number of rotatable bonds is 10. The number of nitrogens with zero attached hydrogens (tertiary/aromatic N) is 3. The van der Waals surface area contributed by atoms with Crippen LogP contribution in [-0.2, 0) is 4.74 Å². The molecule has 1 saturated carbocycles. The van der Waals surface area contributed by atoms with E-state index in [4.69, 9.17) is 21.2 Å². The second-order valence-electron chi connectivity index (χ2n) is 8.01. The molecule has 2 unspecified atom stereocenters. The van der Waals surface area contributed by atoms with Crippen LogP contribution in [0.25, 0.3) is 6.08 Å². The number of ether oxygens (including phenoxy) is 1. The molecule has 2 heterocycles. The number of methoxy groups -OCH3 is 1. The summed E-state index contributed by atoms with van der Waals surface area (Å²) in [6.45, 7) is 3.08. The average Bonchev–Trinajstić information content (AvgIpc) is 3.16. The van der Waals surface area contributed by atoms with Gasteiger partial charge in [-0.3, -0.25) is 9.89 Å². The molecular weight excluding hydrogens is 410 g/mol. The predicted octanol–water partition coefficient (Wildman–Crippen LogP) is 2.64. The first kappa shape index (κ1) is 23.5. The molecule has 6 N–H and O–H groups in total. The molecule has 3 rings (SSSR count). The molecule has 170 valence electrons. The fourth-order valence-corrected chi connectivity index (χ4v) is 4.52. The summed E-state index contributed by atoms with van der Waals surface area (Å²) in [5.41, 5.74) is 14.5. The smallest absolute Gasteiger partial charge is 0.189 e. The standard InChI is InChI=1S/C22H35N7OS/c1-29(12-13-30-2)15-16(14-20(24)27-18-7-4-3-6-17(18)23)9-11-26-22-28-19-8-5-10-25-21(19)31-22/h5,8-9,11,14,17-18,25H,3-4,6-7,10,12-13,15,23H2,1-2H3,(H2,24,27)(H,26,28)/b11-9+,16-14+. The molecule has 1 aromatic heterocycles. The number of hydrogen-bond acceptors (Lipinski definition) is 8. The summed E-state index contributed by atoms with van der Waals surface area (Å²) < 4.78 is 5.19. The highest BCUT2D eigenvalue weighted by Crippen LogP contribution is 2.31. The minimum absolute atomic E-state index is 0.101. The molecule has 1 aliphatic carbocycles. The third-order valence-electron chi connectivity index (χ3n) is 5.37. The van der Waals surface area contributed by atoms with Crippen LogP contribution in [0.3, 0.4) is 0 Å². The monoisotopic (exact) mass is 445 g/mol. The fraction of sp³-hybridized carbons (Fsp3) is 0.545. The summed E-state index contributed by atoms with van der Waals surface area (Å²) in [5.74, 6) is 0.529. The van der Waals surface area contributed by atoms with E-state index < -0.39 is 0 Å². The number of anilines is 2. The molecule has 0 amide bonds. The maximum atomic E-state index is 6.29.